The number of imide groups is 1. The number of anilines is 1. The number of nitrogens with one attached hydrogen (secondary N) is 2. The highest BCUT2D eigenvalue weighted by Crippen LogP contribution is 2.28. The van der Waals surface area contributed by atoms with Gasteiger partial charge in [0, 0.05) is 11.6 Å². The van der Waals surface area contributed by atoms with Gasteiger partial charge in [-0.2, -0.15) is 0 Å². The first-order valence-corrected chi connectivity index (χ1v) is 5.75. The zero-order valence-corrected chi connectivity index (χ0v) is 10.0. The average Bonchev–Trinajstić information content (AvgIpc) is 3.05. The van der Waals surface area contributed by atoms with Crippen LogP contribution in [0.1, 0.15) is 24.0 Å². The lowest BCUT2D eigenvalue weighted by atomic mass is 10.1. The minimum Gasteiger partial charge on any atom is -0.307 e. The Hall–Kier alpha value is -1.84. The van der Waals surface area contributed by atoms with Gasteiger partial charge in [0.15, 0.2) is 0 Å². The Morgan fingerprint density at radius 2 is 1.94 bits per heavy atom. The van der Waals surface area contributed by atoms with Crippen LogP contribution in [0.5, 0.6) is 0 Å². The molecule has 4 heteroatoms. The second-order valence-corrected chi connectivity index (χ2v) is 4.54. The van der Waals surface area contributed by atoms with Gasteiger partial charge in [0.2, 0.25) is 5.91 Å². The third kappa shape index (κ3) is 3.06. The summed E-state index contributed by atoms with van der Waals surface area (Å²) in [4.78, 5) is 22.9. The van der Waals surface area contributed by atoms with Crippen molar-refractivity contribution in [2.75, 3.05) is 5.32 Å². The lowest BCUT2D eigenvalue weighted by molar-refractivity contribution is -0.121. The number of carbonyl (C=O) groups is 2. The summed E-state index contributed by atoms with van der Waals surface area (Å²) in [6.45, 7) is 3.92. The van der Waals surface area contributed by atoms with Gasteiger partial charge < -0.3 is 5.32 Å². The van der Waals surface area contributed by atoms with E-state index in [-0.39, 0.29) is 11.8 Å². The standard InChI is InChI=1S/C13H16N2O2/c1-8-3-6-11(9(2)7-8)14-13(17)15-12(16)10-4-5-10/h3,6-7,10H,4-5H2,1-2H3,(H2,14,15,16,17). The summed E-state index contributed by atoms with van der Waals surface area (Å²) in [5, 5.41) is 5.02. The van der Waals surface area contributed by atoms with Gasteiger partial charge in [-0.1, -0.05) is 17.7 Å². The van der Waals surface area contributed by atoms with E-state index < -0.39 is 6.03 Å². The van der Waals surface area contributed by atoms with E-state index in [1.54, 1.807) is 0 Å². The van der Waals surface area contributed by atoms with Gasteiger partial charge in [-0.3, -0.25) is 10.1 Å². The molecule has 0 heterocycles. The molecule has 1 aromatic rings. The van der Waals surface area contributed by atoms with Gasteiger partial charge in [-0.25, -0.2) is 4.79 Å². The molecule has 3 amide bonds. The number of carbonyl (C=O) groups excluding carboxylic acids is 2. The second kappa shape index (κ2) is 4.57. The molecule has 0 bridgehead atoms. The Balaban J connectivity index is 1.95. The van der Waals surface area contributed by atoms with Crippen LogP contribution in [0.25, 0.3) is 0 Å². The van der Waals surface area contributed by atoms with E-state index in [9.17, 15) is 9.59 Å². The van der Waals surface area contributed by atoms with Crippen LogP contribution < -0.4 is 10.6 Å². The van der Waals surface area contributed by atoms with Crippen molar-refractivity contribution in [1.29, 1.82) is 0 Å². The number of benzene rings is 1. The molecule has 1 aliphatic rings. The number of amides is 3. The number of rotatable bonds is 2. The molecule has 2 N–H and O–H groups in total. The van der Waals surface area contributed by atoms with E-state index >= 15 is 0 Å². The molecule has 0 radical (unpaired) electrons. The molecule has 0 saturated heterocycles. The van der Waals surface area contributed by atoms with Crippen molar-refractivity contribution < 1.29 is 9.59 Å². The Morgan fingerprint density at radius 1 is 1.24 bits per heavy atom. The highest BCUT2D eigenvalue weighted by molar-refractivity contribution is 6.02. The summed E-state index contributed by atoms with van der Waals surface area (Å²) in [6, 6.07) is 5.30. The average molecular weight is 232 g/mol. The number of urea groups is 1. The Kier molecular flexibility index (Phi) is 3.13. The van der Waals surface area contributed by atoms with Crippen molar-refractivity contribution in [2.24, 2.45) is 5.92 Å². The molecule has 1 aliphatic carbocycles. The molecule has 1 saturated carbocycles. The fraction of sp³-hybridized carbons (Fsp3) is 0.385. The van der Waals surface area contributed by atoms with Gasteiger partial charge in [0.1, 0.15) is 0 Å². The van der Waals surface area contributed by atoms with Crippen LogP contribution in [-0.2, 0) is 4.79 Å². The molecule has 90 valence electrons. The molecule has 0 unspecified atom stereocenters. The first kappa shape index (κ1) is 11.6. The highest BCUT2D eigenvalue weighted by Gasteiger charge is 2.30. The van der Waals surface area contributed by atoms with E-state index in [1.807, 2.05) is 32.0 Å². The van der Waals surface area contributed by atoms with E-state index in [4.69, 9.17) is 0 Å². The summed E-state index contributed by atoms with van der Waals surface area (Å²) in [7, 11) is 0. The van der Waals surface area contributed by atoms with Gasteiger partial charge in [0.05, 0.1) is 0 Å². The summed E-state index contributed by atoms with van der Waals surface area (Å²) in [6.07, 6.45) is 1.78. The predicted octanol–water partition coefficient (Wildman–Crippen LogP) is 2.36. The summed E-state index contributed by atoms with van der Waals surface area (Å²) >= 11 is 0. The van der Waals surface area contributed by atoms with Crippen LogP contribution in [-0.4, -0.2) is 11.9 Å². The maximum atomic E-state index is 11.5. The molecular weight excluding hydrogens is 216 g/mol. The summed E-state index contributed by atoms with van der Waals surface area (Å²) in [5.74, 6) is -0.132. The molecule has 17 heavy (non-hydrogen) atoms. The Bertz CT molecular complexity index is 464. The lowest BCUT2D eigenvalue weighted by Crippen LogP contribution is -2.35. The predicted molar refractivity (Wildman–Crippen MR) is 65.8 cm³/mol. The maximum absolute atomic E-state index is 11.5. The first-order valence-electron chi connectivity index (χ1n) is 5.75. The fourth-order valence-electron chi connectivity index (χ4n) is 1.67. The molecular formula is C13H16N2O2. The van der Waals surface area contributed by atoms with Crippen molar-refractivity contribution in [3.8, 4) is 0 Å². The van der Waals surface area contributed by atoms with Gasteiger partial charge in [-0.05, 0) is 38.3 Å². The SMILES string of the molecule is Cc1ccc(NC(=O)NC(=O)C2CC2)c(C)c1. The quantitative estimate of drug-likeness (QED) is 0.822. The van der Waals surface area contributed by atoms with Crippen molar-refractivity contribution >= 4 is 17.6 Å². The van der Waals surface area contributed by atoms with Crippen LogP contribution in [0.2, 0.25) is 0 Å². The van der Waals surface area contributed by atoms with Crippen molar-refractivity contribution in [2.45, 2.75) is 26.7 Å². The van der Waals surface area contributed by atoms with Crippen molar-refractivity contribution in [3.63, 3.8) is 0 Å². The van der Waals surface area contributed by atoms with Crippen LogP contribution in [0, 0.1) is 19.8 Å². The molecule has 2 rings (SSSR count). The Morgan fingerprint density at radius 3 is 2.53 bits per heavy atom. The third-order valence-corrected chi connectivity index (χ3v) is 2.81. The summed E-state index contributed by atoms with van der Waals surface area (Å²) < 4.78 is 0. The zero-order valence-electron chi connectivity index (χ0n) is 10.0. The normalized spacial score (nSPS) is 14.2. The van der Waals surface area contributed by atoms with Crippen molar-refractivity contribution in [3.05, 3.63) is 29.3 Å². The number of hydrogen-bond donors (Lipinski definition) is 2. The van der Waals surface area contributed by atoms with E-state index in [1.165, 1.54) is 0 Å². The minimum atomic E-state index is -0.450. The zero-order chi connectivity index (χ0) is 12.4. The molecule has 0 aromatic heterocycles. The van der Waals surface area contributed by atoms with Crippen molar-refractivity contribution in [1.82, 2.24) is 5.32 Å². The molecule has 1 aromatic carbocycles. The molecule has 0 aliphatic heterocycles. The minimum absolute atomic E-state index is 0.0415. The maximum Gasteiger partial charge on any atom is 0.325 e. The molecule has 1 fully saturated rings. The fourth-order valence-corrected chi connectivity index (χ4v) is 1.67. The molecule has 4 nitrogen and oxygen atoms in total. The number of aryl methyl sites for hydroxylation is 2. The van der Waals surface area contributed by atoms with Gasteiger partial charge in [0.25, 0.3) is 0 Å². The topological polar surface area (TPSA) is 58.2 Å². The third-order valence-electron chi connectivity index (χ3n) is 2.81. The lowest BCUT2D eigenvalue weighted by Gasteiger charge is -2.09. The highest BCUT2D eigenvalue weighted by atomic mass is 16.2. The molecule has 0 atom stereocenters. The molecule has 0 spiro atoms. The van der Waals surface area contributed by atoms with E-state index in [0.29, 0.717) is 0 Å². The first-order chi connectivity index (χ1) is 8.06. The van der Waals surface area contributed by atoms with E-state index in [2.05, 4.69) is 10.6 Å². The largest absolute Gasteiger partial charge is 0.325 e. The summed E-state index contributed by atoms with van der Waals surface area (Å²) in [5.41, 5.74) is 2.86. The van der Waals surface area contributed by atoms with Crippen LogP contribution in [0.15, 0.2) is 18.2 Å². The van der Waals surface area contributed by atoms with E-state index in [0.717, 1.165) is 29.7 Å². The van der Waals surface area contributed by atoms with Crippen LogP contribution >= 0.6 is 0 Å². The van der Waals surface area contributed by atoms with Gasteiger partial charge >= 0.3 is 6.03 Å². The Labute approximate surface area is 100 Å². The van der Waals surface area contributed by atoms with Crippen LogP contribution in [0.4, 0.5) is 10.5 Å². The smallest absolute Gasteiger partial charge is 0.307 e. The monoisotopic (exact) mass is 232 g/mol. The second-order valence-electron chi connectivity index (χ2n) is 4.54. The number of hydrogen-bond acceptors (Lipinski definition) is 2. The van der Waals surface area contributed by atoms with Crippen LogP contribution in [0.3, 0.4) is 0 Å². The van der Waals surface area contributed by atoms with Gasteiger partial charge in [-0.15, -0.1) is 0 Å².